The summed E-state index contributed by atoms with van der Waals surface area (Å²) in [6, 6.07) is 24.0. The maximum atomic E-state index is 12.6. The number of benzene rings is 3. The number of nitrogens with zero attached hydrogens (tertiary/aromatic N) is 2. The number of imidazole rings is 1. The summed E-state index contributed by atoms with van der Waals surface area (Å²) in [6.07, 6.45) is 5.27. The second-order valence-corrected chi connectivity index (χ2v) is 8.91. The highest BCUT2D eigenvalue weighted by Gasteiger charge is 2.17. The highest BCUT2D eigenvalue weighted by Crippen LogP contribution is 2.22. The monoisotopic (exact) mass is 467 g/mol. The molecule has 1 heterocycles. The smallest absolute Gasteiger partial charge is 0.244 e. The maximum Gasteiger partial charge on any atom is 0.244 e. The summed E-state index contributed by atoms with van der Waals surface area (Å²) in [7, 11) is 0. The predicted molar refractivity (Wildman–Crippen MR) is 142 cm³/mol. The summed E-state index contributed by atoms with van der Waals surface area (Å²) in [5.41, 5.74) is 5.42. The van der Waals surface area contributed by atoms with E-state index in [1.54, 1.807) is 6.08 Å². The van der Waals surface area contributed by atoms with Crippen LogP contribution in [0.25, 0.3) is 17.1 Å². The fourth-order valence-electron chi connectivity index (χ4n) is 4.24. The summed E-state index contributed by atoms with van der Waals surface area (Å²) in [5, 5.41) is 3.07. The molecule has 1 atom stereocenters. The Kier molecular flexibility index (Phi) is 7.99. The van der Waals surface area contributed by atoms with Crippen LogP contribution in [0.4, 0.5) is 0 Å². The van der Waals surface area contributed by atoms with Crippen molar-refractivity contribution in [2.45, 2.75) is 46.2 Å². The number of unbranched alkanes of at least 4 members (excludes halogenated alkanes) is 1. The van der Waals surface area contributed by atoms with Crippen LogP contribution in [0.5, 0.6) is 5.75 Å². The number of nitrogens with one attached hydrogen (secondary N) is 1. The van der Waals surface area contributed by atoms with Crippen LogP contribution in [0.15, 0.2) is 78.9 Å². The van der Waals surface area contributed by atoms with Crippen molar-refractivity contribution in [3.63, 3.8) is 0 Å². The average molecular weight is 468 g/mol. The van der Waals surface area contributed by atoms with E-state index in [0.29, 0.717) is 6.61 Å². The molecule has 180 valence electrons. The Labute approximate surface area is 207 Å². The van der Waals surface area contributed by atoms with Crippen molar-refractivity contribution >= 4 is 23.0 Å². The van der Waals surface area contributed by atoms with Crippen LogP contribution in [0.1, 0.15) is 48.3 Å². The normalized spacial score (nSPS) is 12.2. The number of rotatable bonds is 10. The summed E-state index contributed by atoms with van der Waals surface area (Å²) in [4.78, 5) is 17.4. The number of carbonyl (C=O) groups is 1. The SMILES string of the molecule is Cc1ccc(OCCCCn2c(C(C)NC(=O)/C=C\c3ccccc3)nc3ccccc32)c(C)c1. The molecule has 0 radical (unpaired) electrons. The Morgan fingerprint density at radius 2 is 1.80 bits per heavy atom. The molecule has 0 saturated heterocycles. The molecule has 4 rings (SSSR count). The molecule has 1 N–H and O–H groups in total. The molecule has 4 aromatic rings. The molecule has 5 heteroatoms. The third-order valence-electron chi connectivity index (χ3n) is 6.02. The van der Waals surface area contributed by atoms with Gasteiger partial charge in [-0.15, -0.1) is 0 Å². The van der Waals surface area contributed by atoms with Crippen molar-refractivity contribution < 1.29 is 9.53 Å². The number of amides is 1. The van der Waals surface area contributed by atoms with Gasteiger partial charge in [-0.3, -0.25) is 4.79 Å². The molecule has 0 aliphatic rings. The first kappa shape index (κ1) is 24.3. The summed E-state index contributed by atoms with van der Waals surface area (Å²) >= 11 is 0. The fourth-order valence-corrected chi connectivity index (χ4v) is 4.24. The number of carbonyl (C=O) groups excluding carboxylic acids is 1. The number of aryl methyl sites for hydroxylation is 3. The van der Waals surface area contributed by atoms with Gasteiger partial charge in [0.2, 0.25) is 5.91 Å². The molecule has 0 bridgehead atoms. The zero-order chi connectivity index (χ0) is 24.6. The number of aromatic nitrogens is 2. The van der Waals surface area contributed by atoms with Gasteiger partial charge in [-0.1, -0.05) is 60.2 Å². The summed E-state index contributed by atoms with van der Waals surface area (Å²) in [5.74, 6) is 1.68. The number of hydrogen-bond donors (Lipinski definition) is 1. The Hall–Kier alpha value is -3.86. The lowest BCUT2D eigenvalue weighted by molar-refractivity contribution is -0.117. The second kappa shape index (κ2) is 11.5. The maximum absolute atomic E-state index is 12.6. The Bertz CT molecular complexity index is 1310. The summed E-state index contributed by atoms with van der Waals surface area (Å²) in [6.45, 7) is 7.63. The standard InChI is InChI=1S/C30H33N3O2/c1-22-15-17-28(23(2)21-22)35-20-10-9-19-33-27-14-8-7-13-26(27)32-30(33)24(3)31-29(34)18-16-25-11-5-4-6-12-25/h4-8,11-18,21,24H,9-10,19-20H2,1-3H3,(H,31,34)/b18-16-. The van der Waals surface area contributed by atoms with E-state index in [0.717, 1.165) is 47.6 Å². The lowest BCUT2D eigenvalue weighted by Gasteiger charge is -2.16. The van der Waals surface area contributed by atoms with Crippen LogP contribution in [-0.2, 0) is 11.3 Å². The molecule has 0 fully saturated rings. The van der Waals surface area contributed by atoms with Crippen LogP contribution in [0.3, 0.4) is 0 Å². The third-order valence-corrected chi connectivity index (χ3v) is 6.02. The van der Waals surface area contributed by atoms with Crippen molar-refractivity contribution in [1.29, 1.82) is 0 Å². The van der Waals surface area contributed by atoms with Crippen molar-refractivity contribution in [2.75, 3.05) is 6.61 Å². The van der Waals surface area contributed by atoms with Crippen molar-refractivity contribution in [3.05, 3.63) is 101 Å². The number of ether oxygens (including phenoxy) is 1. The van der Waals surface area contributed by atoms with E-state index < -0.39 is 0 Å². The molecular formula is C30H33N3O2. The summed E-state index contributed by atoms with van der Waals surface area (Å²) < 4.78 is 8.22. The van der Waals surface area contributed by atoms with E-state index in [9.17, 15) is 4.79 Å². The van der Waals surface area contributed by atoms with Gasteiger partial charge < -0.3 is 14.6 Å². The molecule has 0 aliphatic carbocycles. The van der Waals surface area contributed by atoms with E-state index in [1.165, 1.54) is 11.1 Å². The Morgan fingerprint density at radius 1 is 1.03 bits per heavy atom. The molecule has 0 saturated carbocycles. The van der Waals surface area contributed by atoms with Gasteiger partial charge in [0.1, 0.15) is 11.6 Å². The van der Waals surface area contributed by atoms with Gasteiger partial charge in [-0.25, -0.2) is 4.98 Å². The van der Waals surface area contributed by atoms with Crippen molar-refractivity contribution in [3.8, 4) is 5.75 Å². The van der Waals surface area contributed by atoms with Crippen LogP contribution in [-0.4, -0.2) is 22.1 Å². The average Bonchev–Trinajstić information content (AvgIpc) is 3.23. The lowest BCUT2D eigenvalue weighted by atomic mass is 10.1. The predicted octanol–water partition coefficient (Wildman–Crippen LogP) is 6.40. The largest absolute Gasteiger partial charge is 0.493 e. The molecule has 35 heavy (non-hydrogen) atoms. The quantitative estimate of drug-likeness (QED) is 0.217. The second-order valence-electron chi connectivity index (χ2n) is 8.91. The molecule has 5 nitrogen and oxygen atoms in total. The van der Waals surface area contributed by atoms with Crippen LogP contribution in [0.2, 0.25) is 0 Å². The molecule has 0 spiro atoms. The minimum Gasteiger partial charge on any atom is -0.493 e. The molecule has 3 aromatic carbocycles. The highest BCUT2D eigenvalue weighted by atomic mass is 16.5. The van der Waals surface area contributed by atoms with Crippen LogP contribution < -0.4 is 10.1 Å². The number of para-hydroxylation sites is 2. The van der Waals surface area contributed by atoms with Crippen molar-refractivity contribution in [2.24, 2.45) is 0 Å². The van der Waals surface area contributed by atoms with E-state index in [1.807, 2.05) is 67.6 Å². The first-order chi connectivity index (χ1) is 17.0. The minimum atomic E-state index is -0.221. The van der Waals surface area contributed by atoms with Gasteiger partial charge in [-0.05, 0) is 69.0 Å². The molecule has 1 aromatic heterocycles. The van der Waals surface area contributed by atoms with Crippen molar-refractivity contribution in [1.82, 2.24) is 14.9 Å². The molecule has 0 aliphatic heterocycles. The number of fused-ring (bicyclic) bond motifs is 1. The zero-order valence-corrected chi connectivity index (χ0v) is 20.7. The highest BCUT2D eigenvalue weighted by molar-refractivity contribution is 5.92. The Morgan fingerprint density at radius 3 is 2.60 bits per heavy atom. The third kappa shape index (κ3) is 6.38. The first-order valence-electron chi connectivity index (χ1n) is 12.2. The molecular weight excluding hydrogens is 434 g/mol. The molecule has 1 amide bonds. The van der Waals surface area contributed by atoms with Gasteiger partial charge in [-0.2, -0.15) is 0 Å². The van der Waals surface area contributed by atoms with E-state index in [4.69, 9.17) is 9.72 Å². The van der Waals surface area contributed by atoms with Gasteiger partial charge in [0.15, 0.2) is 0 Å². The van der Waals surface area contributed by atoms with E-state index in [-0.39, 0.29) is 11.9 Å². The topological polar surface area (TPSA) is 56.1 Å². The lowest BCUT2D eigenvalue weighted by Crippen LogP contribution is -2.27. The van der Waals surface area contributed by atoms with E-state index >= 15 is 0 Å². The number of hydrogen-bond acceptors (Lipinski definition) is 3. The van der Waals surface area contributed by atoms with Gasteiger partial charge in [0.25, 0.3) is 0 Å². The molecule has 1 unspecified atom stereocenters. The van der Waals surface area contributed by atoms with E-state index in [2.05, 4.69) is 41.9 Å². The zero-order valence-electron chi connectivity index (χ0n) is 20.7. The van der Waals surface area contributed by atoms with Gasteiger partial charge >= 0.3 is 0 Å². The first-order valence-corrected chi connectivity index (χ1v) is 12.2. The minimum absolute atomic E-state index is 0.137. The van der Waals surface area contributed by atoms with Gasteiger partial charge in [0, 0.05) is 12.6 Å². The van der Waals surface area contributed by atoms with Crippen LogP contribution in [0, 0.1) is 13.8 Å². The van der Waals surface area contributed by atoms with Gasteiger partial charge in [0.05, 0.1) is 23.7 Å². The van der Waals surface area contributed by atoms with Crippen LogP contribution >= 0.6 is 0 Å². The fraction of sp³-hybridized carbons (Fsp3) is 0.267. The Balaban J connectivity index is 1.39.